The first-order valence-corrected chi connectivity index (χ1v) is 13.9. The van der Waals surface area contributed by atoms with E-state index in [0.29, 0.717) is 18.0 Å². The van der Waals surface area contributed by atoms with E-state index in [1.54, 1.807) is 13.2 Å². The Bertz CT molecular complexity index is 1400. The highest BCUT2D eigenvalue weighted by molar-refractivity contribution is 5.98. The van der Waals surface area contributed by atoms with Gasteiger partial charge in [0.15, 0.2) is 0 Å². The zero-order valence-electron chi connectivity index (χ0n) is 22.6. The van der Waals surface area contributed by atoms with Crippen LogP contribution in [-0.2, 0) is 11.3 Å². The second kappa shape index (κ2) is 9.77. The van der Waals surface area contributed by atoms with Gasteiger partial charge in [-0.1, -0.05) is 25.3 Å². The van der Waals surface area contributed by atoms with E-state index in [9.17, 15) is 14.7 Å². The van der Waals surface area contributed by atoms with Gasteiger partial charge in [-0.05, 0) is 80.7 Å². The Morgan fingerprint density at radius 1 is 1.05 bits per heavy atom. The molecular formula is C31H37N3O4. The van der Waals surface area contributed by atoms with Gasteiger partial charge in [0.25, 0.3) is 0 Å². The number of hydrogen-bond donors (Lipinski definition) is 1. The van der Waals surface area contributed by atoms with Crippen molar-refractivity contribution in [3.8, 4) is 17.0 Å². The molecule has 1 aromatic heterocycles. The molecule has 2 fully saturated rings. The van der Waals surface area contributed by atoms with Crippen molar-refractivity contribution in [2.24, 2.45) is 5.92 Å². The molecule has 1 saturated carbocycles. The third-order valence-electron chi connectivity index (χ3n) is 8.91. The first-order valence-electron chi connectivity index (χ1n) is 13.9. The number of methoxy groups -OCH3 is 1. The van der Waals surface area contributed by atoms with Crippen molar-refractivity contribution in [2.45, 2.75) is 57.0 Å². The van der Waals surface area contributed by atoms with Gasteiger partial charge in [0.05, 0.1) is 31.0 Å². The van der Waals surface area contributed by atoms with E-state index < -0.39 is 5.97 Å². The van der Waals surface area contributed by atoms with Crippen LogP contribution in [0.3, 0.4) is 0 Å². The standard InChI is InChI=1S/C31H37N3O4/c1-32(2)18-27(35)33-14-13-21-17-34-26-15-20(31(36)37)9-11-24(26)28(19-7-5-4-6-8-19)30(34)23-12-10-22(38-3)16-25(23)29(21)33/h9-12,15-16,19,21,29H,4-8,13-14,17-18H2,1-3H3,(H,36,37)/t21-,29+/m0/s1. The van der Waals surface area contributed by atoms with Gasteiger partial charge in [-0.15, -0.1) is 0 Å². The van der Waals surface area contributed by atoms with Crippen molar-refractivity contribution in [3.63, 3.8) is 0 Å². The average Bonchev–Trinajstić information content (AvgIpc) is 3.44. The largest absolute Gasteiger partial charge is 0.497 e. The fraction of sp³-hybridized carbons (Fsp3) is 0.484. The molecular weight excluding hydrogens is 478 g/mol. The van der Waals surface area contributed by atoms with E-state index in [1.807, 2.05) is 37.2 Å². The van der Waals surface area contributed by atoms with Crippen LogP contribution < -0.4 is 4.74 Å². The SMILES string of the molecule is COc1ccc2c(c1)[C@H]1[C@@H](CCN1C(=O)CN(C)C)Cn1c-2c(C2CCCCC2)c2ccc(C(=O)O)cc21. The van der Waals surface area contributed by atoms with Gasteiger partial charge >= 0.3 is 5.97 Å². The van der Waals surface area contributed by atoms with Crippen molar-refractivity contribution in [1.29, 1.82) is 0 Å². The fourth-order valence-electron chi connectivity index (χ4n) is 7.27. The number of benzene rings is 2. The average molecular weight is 516 g/mol. The van der Waals surface area contributed by atoms with Crippen molar-refractivity contribution in [3.05, 3.63) is 53.1 Å². The van der Waals surface area contributed by atoms with Gasteiger partial charge in [0.2, 0.25) is 5.91 Å². The number of carbonyl (C=O) groups excluding carboxylic acids is 1. The van der Waals surface area contributed by atoms with Crippen LogP contribution in [0.1, 0.15) is 72.0 Å². The minimum Gasteiger partial charge on any atom is -0.497 e. The maximum absolute atomic E-state index is 13.4. The molecule has 7 nitrogen and oxygen atoms in total. The number of ether oxygens (including phenoxy) is 1. The van der Waals surface area contributed by atoms with Crippen molar-refractivity contribution in [1.82, 2.24) is 14.4 Å². The van der Waals surface area contributed by atoms with Gasteiger partial charge in [0.1, 0.15) is 5.75 Å². The molecule has 1 amide bonds. The third-order valence-corrected chi connectivity index (χ3v) is 8.91. The second-order valence-electron chi connectivity index (χ2n) is 11.5. The smallest absolute Gasteiger partial charge is 0.335 e. The highest BCUT2D eigenvalue weighted by Crippen LogP contribution is 2.52. The van der Waals surface area contributed by atoms with E-state index >= 15 is 0 Å². The van der Waals surface area contributed by atoms with Crippen LogP contribution >= 0.6 is 0 Å². The summed E-state index contributed by atoms with van der Waals surface area (Å²) in [5, 5.41) is 11.0. The molecule has 1 aliphatic carbocycles. The van der Waals surface area contributed by atoms with Crippen LogP contribution in [0.15, 0.2) is 36.4 Å². The molecule has 2 aliphatic heterocycles. The molecule has 1 N–H and O–H groups in total. The molecule has 3 aromatic rings. The molecule has 6 rings (SSSR count). The number of rotatable bonds is 5. The summed E-state index contributed by atoms with van der Waals surface area (Å²) in [6.07, 6.45) is 6.93. The number of aromatic nitrogens is 1. The monoisotopic (exact) mass is 515 g/mol. The molecule has 0 unspecified atom stereocenters. The Balaban J connectivity index is 1.61. The van der Waals surface area contributed by atoms with Crippen LogP contribution in [-0.4, -0.2) is 65.6 Å². The number of carboxylic acids is 1. The fourth-order valence-corrected chi connectivity index (χ4v) is 7.27. The Morgan fingerprint density at radius 3 is 2.55 bits per heavy atom. The van der Waals surface area contributed by atoms with Crippen LogP contribution in [0.5, 0.6) is 5.75 Å². The quantitative estimate of drug-likeness (QED) is 0.484. The summed E-state index contributed by atoms with van der Waals surface area (Å²) in [5.74, 6) is 0.716. The van der Waals surface area contributed by atoms with Crippen LogP contribution in [0.25, 0.3) is 22.2 Å². The predicted molar refractivity (Wildman–Crippen MR) is 148 cm³/mol. The van der Waals surface area contributed by atoms with E-state index in [1.165, 1.54) is 35.9 Å². The summed E-state index contributed by atoms with van der Waals surface area (Å²) in [4.78, 5) is 29.4. The normalized spacial score (nSPS) is 21.2. The molecule has 2 atom stereocenters. The lowest BCUT2D eigenvalue weighted by molar-refractivity contribution is -0.133. The van der Waals surface area contributed by atoms with E-state index in [4.69, 9.17) is 4.74 Å². The highest BCUT2D eigenvalue weighted by atomic mass is 16.5. The van der Waals surface area contributed by atoms with Crippen LogP contribution in [0.2, 0.25) is 0 Å². The number of hydrogen-bond acceptors (Lipinski definition) is 4. The van der Waals surface area contributed by atoms with Crippen LogP contribution in [0, 0.1) is 5.92 Å². The van der Waals surface area contributed by atoms with Crippen molar-refractivity contribution < 1.29 is 19.4 Å². The number of aromatic carboxylic acids is 1. The molecule has 0 bridgehead atoms. The molecule has 200 valence electrons. The molecule has 0 spiro atoms. The van der Waals surface area contributed by atoms with E-state index in [2.05, 4.69) is 21.6 Å². The summed E-state index contributed by atoms with van der Waals surface area (Å²) in [5.41, 5.74) is 6.18. The Hall–Kier alpha value is -3.32. The lowest BCUT2D eigenvalue weighted by Gasteiger charge is -2.30. The lowest BCUT2D eigenvalue weighted by atomic mass is 9.81. The molecule has 0 radical (unpaired) electrons. The van der Waals surface area contributed by atoms with Gasteiger partial charge in [0, 0.05) is 35.5 Å². The van der Waals surface area contributed by atoms with Crippen molar-refractivity contribution >= 4 is 22.8 Å². The predicted octanol–water partition coefficient (Wildman–Crippen LogP) is 5.53. The maximum Gasteiger partial charge on any atom is 0.335 e. The summed E-state index contributed by atoms with van der Waals surface area (Å²) in [7, 11) is 5.56. The van der Waals surface area contributed by atoms with E-state index in [0.717, 1.165) is 54.7 Å². The first-order chi connectivity index (χ1) is 18.4. The highest BCUT2D eigenvalue weighted by Gasteiger charge is 2.43. The molecule has 1 saturated heterocycles. The lowest BCUT2D eigenvalue weighted by Crippen LogP contribution is -2.38. The number of fused-ring (bicyclic) bond motifs is 7. The van der Waals surface area contributed by atoms with Crippen LogP contribution in [0.4, 0.5) is 0 Å². The zero-order chi connectivity index (χ0) is 26.6. The Labute approximate surface area is 224 Å². The summed E-state index contributed by atoms with van der Waals surface area (Å²) in [6.45, 7) is 1.87. The second-order valence-corrected chi connectivity index (χ2v) is 11.5. The summed E-state index contributed by atoms with van der Waals surface area (Å²) < 4.78 is 8.07. The van der Waals surface area contributed by atoms with Crippen molar-refractivity contribution in [2.75, 3.05) is 34.3 Å². The number of carboxylic acid groups (broad SMARTS) is 1. The number of nitrogens with zero attached hydrogens (tertiary/aromatic N) is 3. The number of carbonyl (C=O) groups is 2. The maximum atomic E-state index is 13.4. The Morgan fingerprint density at radius 2 is 1.84 bits per heavy atom. The molecule has 38 heavy (non-hydrogen) atoms. The molecule has 2 aromatic carbocycles. The third kappa shape index (κ3) is 4.08. The molecule has 3 aliphatic rings. The minimum absolute atomic E-state index is 0.0376. The van der Waals surface area contributed by atoms with Gasteiger partial charge < -0.3 is 24.2 Å². The topological polar surface area (TPSA) is 75.0 Å². The summed E-state index contributed by atoms with van der Waals surface area (Å²) >= 11 is 0. The molecule has 3 heterocycles. The minimum atomic E-state index is -0.903. The number of likely N-dealkylation sites (tertiary alicyclic amines) is 1. The number of amides is 1. The van der Waals surface area contributed by atoms with Gasteiger partial charge in [-0.2, -0.15) is 0 Å². The number of likely N-dealkylation sites (N-methyl/N-ethyl adjacent to an activating group) is 1. The van der Waals surface area contributed by atoms with Gasteiger partial charge in [-0.3, -0.25) is 4.79 Å². The zero-order valence-corrected chi connectivity index (χ0v) is 22.6. The first kappa shape index (κ1) is 25.0. The summed E-state index contributed by atoms with van der Waals surface area (Å²) in [6, 6.07) is 11.9. The molecule has 7 heteroatoms. The van der Waals surface area contributed by atoms with E-state index in [-0.39, 0.29) is 17.9 Å². The Kier molecular flexibility index (Phi) is 6.42. The van der Waals surface area contributed by atoms with Gasteiger partial charge in [-0.25, -0.2) is 4.79 Å².